The molecule has 2 heterocycles. The van der Waals surface area contributed by atoms with Crippen LogP contribution in [-0.2, 0) is 13.1 Å². The number of hydrogen-bond acceptors (Lipinski definition) is 5. The van der Waals surface area contributed by atoms with Crippen LogP contribution in [0.15, 0.2) is 6.33 Å². The van der Waals surface area contributed by atoms with Gasteiger partial charge < -0.3 is 4.57 Å². The first-order valence-electron chi connectivity index (χ1n) is 8.03. The Morgan fingerprint density at radius 1 is 1.52 bits per heavy atom. The van der Waals surface area contributed by atoms with E-state index in [0.29, 0.717) is 6.04 Å². The minimum absolute atomic E-state index is 0.329. The molecule has 1 saturated carbocycles. The van der Waals surface area contributed by atoms with Crippen LogP contribution in [0.4, 0.5) is 0 Å². The van der Waals surface area contributed by atoms with Gasteiger partial charge in [-0.3, -0.25) is 10.2 Å². The summed E-state index contributed by atoms with van der Waals surface area (Å²) in [6.45, 7) is 5.93. The Kier molecular flexibility index (Phi) is 4.22. The van der Waals surface area contributed by atoms with Crippen molar-refractivity contribution in [3.05, 3.63) is 12.2 Å². The number of nitrogens with one attached hydrogen (secondary N) is 1. The van der Waals surface area contributed by atoms with Gasteiger partial charge in [0.1, 0.15) is 17.7 Å². The summed E-state index contributed by atoms with van der Waals surface area (Å²) in [5, 5.41) is 21.3. The van der Waals surface area contributed by atoms with Crippen molar-refractivity contribution in [1.82, 2.24) is 25.0 Å². The average molecular weight is 288 g/mol. The van der Waals surface area contributed by atoms with E-state index in [2.05, 4.69) is 38.0 Å². The van der Waals surface area contributed by atoms with Crippen molar-refractivity contribution in [2.24, 2.45) is 0 Å². The maximum atomic E-state index is 9.65. The first-order valence-corrected chi connectivity index (χ1v) is 8.03. The molecule has 1 N–H and O–H groups in total. The van der Waals surface area contributed by atoms with Crippen molar-refractivity contribution in [2.75, 3.05) is 13.1 Å². The van der Waals surface area contributed by atoms with Crippen molar-refractivity contribution in [3.63, 3.8) is 0 Å². The third-order valence-electron chi connectivity index (χ3n) is 4.84. The topological polar surface area (TPSA) is 69.8 Å². The highest BCUT2D eigenvalue weighted by atomic mass is 15.3. The largest absolute Gasteiger partial charge is 0.315 e. The highest BCUT2D eigenvalue weighted by Gasteiger charge is 2.39. The van der Waals surface area contributed by atoms with Crippen LogP contribution in [0.2, 0.25) is 0 Å². The highest BCUT2D eigenvalue weighted by molar-refractivity contribution is 5.11. The van der Waals surface area contributed by atoms with E-state index in [-0.39, 0.29) is 5.54 Å². The normalized spacial score (nSPS) is 29.8. The van der Waals surface area contributed by atoms with Gasteiger partial charge >= 0.3 is 0 Å². The molecule has 6 heteroatoms. The van der Waals surface area contributed by atoms with Gasteiger partial charge in [-0.1, -0.05) is 6.92 Å². The standard InChI is InChI=1S/C15H24N6/c1-2-6-17-15(11-16)5-3-4-13(9-15)20-7-8-21-12-18-19-14(21)10-20/h12-13,17H,2-10H2,1H3. The lowest BCUT2D eigenvalue weighted by Gasteiger charge is -2.42. The van der Waals surface area contributed by atoms with E-state index < -0.39 is 0 Å². The number of aromatic nitrogens is 3. The Morgan fingerprint density at radius 3 is 3.24 bits per heavy atom. The number of hydrogen-bond donors (Lipinski definition) is 1. The number of nitrogens with zero attached hydrogens (tertiary/aromatic N) is 5. The molecule has 2 atom stereocenters. The molecule has 0 spiro atoms. The zero-order chi connectivity index (χ0) is 14.7. The van der Waals surface area contributed by atoms with Gasteiger partial charge in [0.15, 0.2) is 0 Å². The average Bonchev–Trinajstić information content (AvgIpc) is 3.00. The Labute approximate surface area is 126 Å². The molecule has 114 valence electrons. The van der Waals surface area contributed by atoms with Crippen LogP contribution in [0.25, 0.3) is 0 Å². The van der Waals surface area contributed by atoms with Crippen molar-refractivity contribution >= 4 is 0 Å². The summed E-state index contributed by atoms with van der Waals surface area (Å²) in [5.74, 6) is 1.05. The molecule has 0 saturated heterocycles. The summed E-state index contributed by atoms with van der Waals surface area (Å²) in [5.41, 5.74) is -0.329. The summed E-state index contributed by atoms with van der Waals surface area (Å²) in [7, 11) is 0. The quantitative estimate of drug-likeness (QED) is 0.904. The van der Waals surface area contributed by atoms with E-state index in [1.807, 2.05) is 6.33 Å². The second-order valence-electron chi connectivity index (χ2n) is 6.28. The lowest BCUT2D eigenvalue weighted by Crippen LogP contribution is -2.54. The molecule has 0 bridgehead atoms. The van der Waals surface area contributed by atoms with E-state index in [1.54, 1.807) is 0 Å². The van der Waals surface area contributed by atoms with Gasteiger partial charge in [-0.15, -0.1) is 10.2 Å². The molecule has 6 nitrogen and oxygen atoms in total. The second-order valence-corrected chi connectivity index (χ2v) is 6.28. The minimum Gasteiger partial charge on any atom is -0.315 e. The lowest BCUT2D eigenvalue weighted by molar-refractivity contribution is 0.0931. The summed E-state index contributed by atoms with van der Waals surface area (Å²) in [6, 6.07) is 3.04. The zero-order valence-corrected chi connectivity index (χ0v) is 12.8. The summed E-state index contributed by atoms with van der Waals surface area (Å²) < 4.78 is 2.13. The predicted molar refractivity (Wildman–Crippen MR) is 79.3 cm³/mol. The van der Waals surface area contributed by atoms with Crippen molar-refractivity contribution in [2.45, 2.75) is 63.7 Å². The van der Waals surface area contributed by atoms with Crippen LogP contribution >= 0.6 is 0 Å². The second kappa shape index (κ2) is 6.12. The van der Waals surface area contributed by atoms with Crippen molar-refractivity contribution < 1.29 is 0 Å². The van der Waals surface area contributed by atoms with Crippen LogP contribution in [0.1, 0.15) is 44.9 Å². The lowest BCUT2D eigenvalue weighted by atomic mass is 9.79. The van der Waals surface area contributed by atoms with Gasteiger partial charge in [0, 0.05) is 19.1 Å². The Hall–Kier alpha value is -1.45. The number of nitriles is 1. The summed E-state index contributed by atoms with van der Waals surface area (Å²) in [6.07, 6.45) is 7.10. The molecule has 1 aliphatic heterocycles. The van der Waals surface area contributed by atoms with Crippen LogP contribution in [0.5, 0.6) is 0 Å². The monoisotopic (exact) mass is 288 g/mol. The van der Waals surface area contributed by atoms with Crippen LogP contribution in [-0.4, -0.2) is 44.3 Å². The molecule has 0 radical (unpaired) electrons. The fourth-order valence-corrected chi connectivity index (χ4v) is 3.62. The highest BCUT2D eigenvalue weighted by Crippen LogP contribution is 2.32. The number of fused-ring (bicyclic) bond motifs is 1. The number of rotatable bonds is 4. The molecular formula is C15H24N6. The molecule has 1 aromatic rings. The third kappa shape index (κ3) is 2.94. The van der Waals surface area contributed by atoms with Crippen molar-refractivity contribution in [1.29, 1.82) is 5.26 Å². The van der Waals surface area contributed by atoms with Gasteiger partial charge in [0.2, 0.25) is 0 Å². The maximum absolute atomic E-state index is 9.65. The van der Waals surface area contributed by atoms with Gasteiger partial charge in [-0.25, -0.2) is 0 Å². The summed E-state index contributed by atoms with van der Waals surface area (Å²) in [4.78, 5) is 2.49. The summed E-state index contributed by atoms with van der Waals surface area (Å²) >= 11 is 0. The van der Waals surface area contributed by atoms with Crippen LogP contribution in [0.3, 0.4) is 0 Å². The molecule has 0 amide bonds. The Bertz CT molecular complexity index is 518. The molecule has 0 aromatic carbocycles. The molecular weight excluding hydrogens is 264 g/mol. The van der Waals surface area contributed by atoms with E-state index >= 15 is 0 Å². The van der Waals surface area contributed by atoms with Gasteiger partial charge in [0.05, 0.1) is 12.6 Å². The van der Waals surface area contributed by atoms with Crippen molar-refractivity contribution in [3.8, 4) is 6.07 Å². The first-order chi connectivity index (χ1) is 10.3. The third-order valence-corrected chi connectivity index (χ3v) is 4.84. The maximum Gasteiger partial charge on any atom is 0.147 e. The van der Waals surface area contributed by atoms with E-state index in [1.165, 1.54) is 6.42 Å². The predicted octanol–water partition coefficient (Wildman–Crippen LogP) is 1.30. The van der Waals surface area contributed by atoms with Crippen LogP contribution in [0, 0.1) is 11.3 Å². The van der Waals surface area contributed by atoms with Crippen LogP contribution < -0.4 is 5.32 Å². The Morgan fingerprint density at radius 2 is 2.43 bits per heavy atom. The SMILES string of the molecule is CCCNC1(C#N)CCCC(N2CCn3cnnc3C2)C1. The van der Waals surface area contributed by atoms with E-state index in [9.17, 15) is 5.26 Å². The minimum atomic E-state index is -0.329. The molecule has 1 aliphatic carbocycles. The first kappa shape index (κ1) is 14.5. The Balaban J connectivity index is 1.68. The smallest absolute Gasteiger partial charge is 0.147 e. The van der Waals surface area contributed by atoms with Gasteiger partial charge in [-0.2, -0.15) is 5.26 Å². The molecule has 1 aromatic heterocycles. The van der Waals surface area contributed by atoms with Gasteiger partial charge in [-0.05, 0) is 38.6 Å². The van der Waals surface area contributed by atoms with Gasteiger partial charge in [0.25, 0.3) is 0 Å². The molecule has 2 aliphatic rings. The fourth-order valence-electron chi connectivity index (χ4n) is 3.62. The van der Waals surface area contributed by atoms with E-state index in [0.717, 1.165) is 57.7 Å². The molecule has 3 rings (SSSR count). The zero-order valence-electron chi connectivity index (χ0n) is 12.8. The molecule has 1 fully saturated rings. The fraction of sp³-hybridized carbons (Fsp3) is 0.800. The molecule has 21 heavy (non-hydrogen) atoms. The molecule has 2 unspecified atom stereocenters. The van der Waals surface area contributed by atoms with E-state index in [4.69, 9.17) is 0 Å².